The summed E-state index contributed by atoms with van der Waals surface area (Å²) in [6.45, 7) is 2.83. The van der Waals surface area contributed by atoms with Crippen LogP contribution >= 0.6 is 11.3 Å². The van der Waals surface area contributed by atoms with Crippen molar-refractivity contribution in [2.75, 3.05) is 11.9 Å². The number of carbonyl (C=O) groups is 3. The molecule has 2 amide bonds. The minimum Gasteiger partial charge on any atom is -0.454 e. The second-order valence-electron chi connectivity index (χ2n) is 6.66. The maximum absolute atomic E-state index is 13.0. The van der Waals surface area contributed by atoms with Gasteiger partial charge in [-0.25, -0.2) is 4.79 Å². The van der Waals surface area contributed by atoms with Gasteiger partial charge < -0.3 is 24.8 Å². The van der Waals surface area contributed by atoms with Crippen molar-refractivity contribution in [1.29, 1.82) is 0 Å². The lowest BCUT2D eigenvalue weighted by molar-refractivity contribution is -0.286. The predicted octanol–water partition coefficient (Wildman–Crippen LogP) is 3.01. The molecule has 0 bridgehead atoms. The maximum Gasteiger partial charge on any atom is 0.586 e. The highest BCUT2D eigenvalue weighted by atomic mass is 32.1. The maximum atomic E-state index is 13.0. The van der Waals surface area contributed by atoms with Crippen molar-refractivity contribution in [3.63, 3.8) is 0 Å². The van der Waals surface area contributed by atoms with E-state index in [0.717, 1.165) is 6.07 Å². The van der Waals surface area contributed by atoms with E-state index in [1.54, 1.807) is 31.4 Å². The third-order valence-electron chi connectivity index (χ3n) is 3.98. The first-order chi connectivity index (χ1) is 14.1. The standard InChI is InChI=1S/C19H18F2N2O6S/c1-10(2)16(23-17(25)14-4-3-7-30-14)18(26)27-9-15(24)22-11-5-6-12-13(8-11)29-19(20,21)28-12/h3-8,10,16H,9H2,1-2H3,(H,22,24)(H,23,25). The number of halogens is 2. The van der Waals surface area contributed by atoms with E-state index in [2.05, 4.69) is 20.1 Å². The van der Waals surface area contributed by atoms with Crippen LogP contribution in [0, 0.1) is 5.92 Å². The number of esters is 1. The Labute approximate surface area is 174 Å². The van der Waals surface area contributed by atoms with Gasteiger partial charge in [0.1, 0.15) is 6.04 Å². The van der Waals surface area contributed by atoms with Gasteiger partial charge in [-0.15, -0.1) is 20.1 Å². The van der Waals surface area contributed by atoms with E-state index in [9.17, 15) is 23.2 Å². The molecule has 1 unspecified atom stereocenters. The number of fused-ring (bicyclic) bond motifs is 1. The minimum atomic E-state index is -3.76. The molecular weight excluding hydrogens is 422 g/mol. The van der Waals surface area contributed by atoms with Gasteiger partial charge in [0.15, 0.2) is 18.1 Å². The van der Waals surface area contributed by atoms with E-state index in [1.165, 1.54) is 23.5 Å². The van der Waals surface area contributed by atoms with Crippen LogP contribution in [0.5, 0.6) is 11.5 Å². The van der Waals surface area contributed by atoms with Crippen molar-refractivity contribution in [2.45, 2.75) is 26.2 Å². The number of hydrogen-bond acceptors (Lipinski definition) is 7. The Hall–Kier alpha value is -3.21. The Morgan fingerprint density at radius 3 is 2.57 bits per heavy atom. The number of rotatable bonds is 7. The van der Waals surface area contributed by atoms with E-state index in [4.69, 9.17) is 4.74 Å². The summed E-state index contributed by atoms with van der Waals surface area (Å²) in [5, 5.41) is 6.73. The van der Waals surface area contributed by atoms with Gasteiger partial charge >= 0.3 is 12.3 Å². The van der Waals surface area contributed by atoms with Crippen LogP contribution in [0.2, 0.25) is 0 Å². The van der Waals surface area contributed by atoms with Crippen LogP contribution in [0.25, 0.3) is 0 Å². The molecule has 0 spiro atoms. The van der Waals surface area contributed by atoms with Crippen LogP contribution in [0.4, 0.5) is 14.5 Å². The smallest absolute Gasteiger partial charge is 0.454 e. The van der Waals surface area contributed by atoms with Crippen molar-refractivity contribution in [3.8, 4) is 11.5 Å². The number of amides is 2. The molecule has 2 N–H and O–H groups in total. The topological polar surface area (TPSA) is 103 Å². The van der Waals surface area contributed by atoms with Crippen LogP contribution in [-0.4, -0.2) is 36.7 Å². The van der Waals surface area contributed by atoms with Crippen LogP contribution in [0.15, 0.2) is 35.7 Å². The van der Waals surface area contributed by atoms with Gasteiger partial charge in [-0.05, 0) is 29.5 Å². The summed E-state index contributed by atoms with van der Waals surface area (Å²) in [6.07, 6.45) is -3.76. The molecule has 1 aromatic carbocycles. The van der Waals surface area contributed by atoms with Crippen LogP contribution in [0.3, 0.4) is 0 Å². The van der Waals surface area contributed by atoms with Gasteiger partial charge in [-0.2, -0.15) is 0 Å². The molecule has 2 heterocycles. The number of thiophene rings is 1. The Morgan fingerprint density at radius 1 is 1.17 bits per heavy atom. The summed E-state index contributed by atoms with van der Waals surface area (Å²) < 4.78 is 39.7. The van der Waals surface area contributed by atoms with Crippen molar-refractivity contribution >= 4 is 34.8 Å². The van der Waals surface area contributed by atoms with Gasteiger partial charge in [0.25, 0.3) is 11.8 Å². The van der Waals surface area contributed by atoms with Crippen molar-refractivity contribution < 1.29 is 37.4 Å². The lowest BCUT2D eigenvalue weighted by Crippen LogP contribution is -2.45. The van der Waals surface area contributed by atoms with Gasteiger partial charge in [0, 0.05) is 11.8 Å². The van der Waals surface area contributed by atoms with E-state index in [-0.39, 0.29) is 23.1 Å². The average Bonchev–Trinajstić information content (AvgIpc) is 3.29. The highest BCUT2D eigenvalue weighted by Gasteiger charge is 2.43. The van der Waals surface area contributed by atoms with Crippen LogP contribution in [0.1, 0.15) is 23.5 Å². The highest BCUT2D eigenvalue weighted by Crippen LogP contribution is 2.42. The van der Waals surface area contributed by atoms with Crippen LogP contribution < -0.4 is 20.1 Å². The second-order valence-corrected chi connectivity index (χ2v) is 7.61. The number of nitrogens with one attached hydrogen (secondary N) is 2. The van der Waals surface area contributed by atoms with Gasteiger partial charge in [0.2, 0.25) is 0 Å². The monoisotopic (exact) mass is 440 g/mol. The number of alkyl halides is 2. The lowest BCUT2D eigenvalue weighted by atomic mass is 10.0. The average molecular weight is 440 g/mol. The van der Waals surface area contributed by atoms with E-state index in [0.29, 0.717) is 4.88 Å². The third-order valence-corrected chi connectivity index (χ3v) is 4.85. The zero-order valence-corrected chi connectivity index (χ0v) is 16.8. The fraction of sp³-hybridized carbons (Fsp3) is 0.316. The summed E-state index contributed by atoms with van der Waals surface area (Å²) in [5.41, 5.74) is 0.155. The Morgan fingerprint density at radius 2 is 1.90 bits per heavy atom. The molecule has 2 aromatic rings. The Bertz CT molecular complexity index is 949. The van der Waals surface area contributed by atoms with Crippen molar-refractivity contribution in [2.24, 2.45) is 5.92 Å². The lowest BCUT2D eigenvalue weighted by Gasteiger charge is -2.20. The molecule has 1 atom stereocenters. The van der Waals surface area contributed by atoms with E-state index in [1.807, 2.05) is 0 Å². The number of hydrogen-bond donors (Lipinski definition) is 2. The quantitative estimate of drug-likeness (QED) is 0.642. The number of ether oxygens (including phenoxy) is 3. The summed E-state index contributed by atoms with van der Waals surface area (Å²) in [6, 6.07) is 6.10. The second kappa shape index (κ2) is 8.66. The van der Waals surface area contributed by atoms with E-state index >= 15 is 0 Å². The molecule has 30 heavy (non-hydrogen) atoms. The molecular formula is C19H18F2N2O6S. The first-order valence-corrected chi connectivity index (χ1v) is 9.73. The molecule has 0 fully saturated rings. The zero-order chi connectivity index (χ0) is 21.9. The predicted molar refractivity (Wildman–Crippen MR) is 103 cm³/mol. The molecule has 8 nitrogen and oxygen atoms in total. The van der Waals surface area contributed by atoms with Crippen molar-refractivity contribution in [3.05, 3.63) is 40.6 Å². The molecule has 0 saturated carbocycles. The molecule has 11 heteroatoms. The fourth-order valence-electron chi connectivity index (χ4n) is 2.57. The first-order valence-electron chi connectivity index (χ1n) is 8.85. The Kier molecular flexibility index (Phi) is 6.20. The highest BCUT2D eigenvalue weighted by molar-refractivity contribution is 7.12. The molecule has 1 aliphatic rings. The Balaban J connectivity index is 1.53. The number of anilines is 1. The number of carbonyl (C=O) groups excluding carboxylic acids is 3. The normalized spacial score (nSPS) is 14.8. The molecule has 0 saturated heterocycles. The zero-order valence-electron chi connectivity index (χ0n) is 15.9. The molecule has 1 aromatic heterocycles. The van der Waals surface area contributed by atoms with Crippen molar-refractivity contribution in [1.82, 2.24) is 5.32 Å². The van der Waals surface area contributed by atoms with Gasteiger partial charge in [-0.1, -0.05) is 19.9 Å². The molecule has 3 rings (SSSR count). The minimum absolute atomic E-state index is 0.155. The molecule has 0 radical (unpaired) electrons. The van der Waals surface area contributed by atoms with Gasteiger partial charge in [0.05, 0.1) is 4.88 Å². The fourth-order valence-corrected chi connectivity index (χ4v) is 3.20. The van der Waals surface area contributed by atoms with Crippen LogP contribution in [-0.2, 0) is 14.3 Å². The van der Waals surface area contributed by atoms with E-state index < -0.39 is 36.7 Å². The first kappa shape index (κ1) is 21.5. The molecule has 0 aliphatic carbocycles. The summed E-state index contributed by atoms with van der Waals surface area (Å²) in [5.74, 6) is -2.55. The number of benzene rings is 1. The SMILES string of the molecule is CC(C)C(NC(=O)c1cccs1)C(=O)OCC(=O)Nc1ccc2c(c1)OC(F)(F)O2. The molecule has 1 aliphatic heterocycles. The summed E-state index contributed by atoms with van der Waals surface area (Å²) in [4.78, 5) is 37.0. The summed E-state index contributed by atoms with van der Waals surface area (Å²) in [7, 11) is 0. The summed E-state index contributed by atoms with van der Waals surface area (Å²) >= 11 is 1.23. The van der Waals surface area contributed by atoms with Gasteiger partial charge in [-0.3, -0.25) is 9.59 Å². The molecule has 160 valence electrons. The largest absolute Gasteiger partial charge is 0.586 e. The third kappa shape index (κ3) is 5.23.